The molecule has 1 amide bonds. The molecule has 7 heteroatoms. The van der Waals surface area contributed by atoms with E-state index in [1.54, 1.807) is 13.3 Å². The Hall–Kier alpha value is -1.89. The van der Waals surface area contributed by atoms with Gasteiger partial charge in [0.15, 0.2) is 11.7 Å². The standard InChI is InChI=1S/C19H23N3O3.ClH/c1-24-19(8-10-20-11-9-19)18(23)22-15-6-4-13(5-7-15)16-12-21-17(25-16)14-2-3-14;/h4-7,12,14,20H,2-3,8-11H2,1H3,(H,22,23);1H. The van der Waals surface area contributed by atoms with E-state index in [2.05, 4.69) is 15.6 Å². The van der Waals surface area contributed by atoms with E-state index in [9.17, 15) is 4.79 Å². The molecule has 0 atom stereocenters. The number of rotatable bonds is 5. The molecule has 1 saturated heterocycles. The molecule has 0 bridgehead atoms. The number of piperidine rings is 1. The second-order valence-corrected chi connectivity index (χ2v) is 6.82. The van der Waals surface area contributed by atoms with Crippen LogP contribution in [-0.4, -0.2) is 36.7 Å². The molecule has 6 nitrogen and oxygen atoms in total. The van der Waals surface area contributed by atoms with Crippen molar-refractivity contribution < 1.29 is 13.9 Å². The molecular formula is C19H24ClN3O3. The number of ether oxygens (including phenoxy) is 1. The van der Waals surface area contributed by atoms with Crippen molar-refractivity contribution in [2.24, 2.45) is 0 Å². The molecule has 140 valence electrons. The van der Waals surface area contributed by atoms with Gasteiger partial charge in [0, 0.05) is 24.3 Å². The molecule has 0 spiro atoms. The smallest absolute Gasteiger partial charge is 0.256 e. The third-order valence-corrected chi connectivity index (χ3v) is 5.09. The van der Waals surface area contributed by atoms with Gasteiger partial charge in [0.2, 0.25) is 0 Å². The lowest BCUT2D eigenvalue weighted by Gasteiger charge is -2.34. The number of hydrogen-bond donors (Lipinski definition) is 2. The summed E-state index contributed by atoms with van der Waals surface area (Å²) in [6.45, 7) is 1.57. The van der Waals surface area contributed by atoms with E-state index in [0.717, 1.165) is 36.0 Å². The Bertz CT molecular complexity index is 750. The average Bonchev–Trinajstić information content (AvgIpc) is 3.40. The van der Waals surface area contributed by atoms with Gasteiger partial charge in [-0.25, -0.2) is 4.98 Å². The largest absolute Gasteiger partial charge is 0.440 e. The molecule has 0 unspecified atom stereocenters. The van der Waals surface area contributed by atoms with Crippen LogP contribution in [0.5, 0.6) is 0 Å². The third-order valence-electron chi connectivity index (χ3n) is 5.09. The zero-order valence-electron chi connectivity index (χ0n) is 14.8. The molecule has 2 N–H and O–H groups in total. The Morgan fingerprint density at radius 1 is 1.27 bits per heavy atom. The number of aromatic nitrogens is 1. The highest BCUT2D eigenvalue weighted by molar-refractivity contribution is 5.97. The zero-order chi connectivity index (χ0) is 17.3. The quantitative estimate of drug-likeness (QED) is 0.835. The van der Waals surface area contributed by atoms with Crippen molar-refractivity contribution in [1.29, 1.82) is 0 Å². The Morgan fingerprint density at radius 3 is 2.58 bits per heavy atom. The van der Waals surface area contributed by atoms with E-state index in [0.29, 0.717) is 18.8 Å². The van der Waals surface area contributed by atoms with Crippen LogP contribution in [0.2, 0.25) is 0 Å². The predicted octanol–water partition coefficient (Wildman–Crippen LogP) is 3.35. The van der Waals surface area contributed by atoms with Gasteiger partial charge in [-0.05, 0) is 63.0 Å². The van der Waals surface area contributed by atoms with Gasteiger partial charge in [0.1, 0.15) is 5.60 Å². The predicted molar refractivity (Wildman–Crippen MR) is 102 cm³/mol. The van der Waals surface area contributed by atoms with Crippen LogP contribution in [0.1, 0.15) is 37.5 Å². The maximum atomic E-state index is 12.7. The number of benzene rings is 1. The van der Waals surface area contributed by atoms with Crippen LogP contribution in [0.25, 0.3) is 11.3 Å². The summed E-state index contributed by atoms with van der Waals surface area (Å²) in [5.41, 5.74) is 0.972. The van der Waals surface area contributed by atoms with Crippen LogP contribution in [0.3, 0.4) is 0 Å². The first-order valence-electron chi connectivity index (χ1n) is 8.84. The molecule has 1 aromatic heterocycles. The molecule has 2 aromatic rings. The van der Waals surface area contributed by atoms with Crippen molar-refractivity contribution in [1.82, 2.24) is 10.3 Å². The van der Waals surface area contributed by atoms with E-state index in [-0.39, 0.29) is 18.3 Å². The Balaban J connectivity index is 0.00000196. The maximum Gasteiger partial charge on any atom is 0.256 e. The number of methoxy groups -OCH3 is 1. The lowest BCUT2D eigenvalue weighted by molar-refractivity contribution is -0.140. The summed E-state index contributed by atoms with van der Waals surface area (Å²) in [7, 11) is 1.61. The normalized spacial score (nSPS) is 18.8. The Labute approximate surface area is 159 Å². The van der Waals surface area contributed by atoms with E-state index >= 15 is 0 Å². The van der Waals surface area contributed by atoms with Crippen LogP contribution < -0.4 is 10.6 Å². The number of amides is 1. The maximum absolute atomic E-state index is 12.7. The fourth-order valence-electron chi connectivity index (χ4n) is 3.26. The lowest BCUT2D eigenvalue weighted by atomic mass is 9.91. The van der Waals surface area contributed by atoms with Gasteiger partial charge in [0.05, 0.1) is 6.20 Å². The number of nitrogens with zero attached hydrogens (tertiary/aromatic N) is 1. The third kappa shape index (κ3) is 3.77. The minimum absolute atomic E-state index is 0. The van der Waals surface area contributed by atoms with Crippen LogP contribution in [0.4, 0.5) is 5.69 Å². The number of nitrogens with one attached hydrogen (secondary N) is 2. The van der Waals surface area contributed by atoms with Crippen molar-refractivity contribution >= 4 is 24.0 Å². The highest BCUT2D eigenvalue weighted by Crippen LogP contribution is 2.40. The van der Waals surface area contributed by atoms with Gasteiger partial charge in [-0.1, -0.05) is 0 Å². The Morgan fingerprint density at radius 2 is 1.96 bits per heavy atom. The van der Waals surface area contributed by atoms with E-state index in [4.69, 9.17) is 9.15 Å². The second kappa shape index (κ2) is 7.78. The first kappa shape index (κ1) is 18.9. The number of hydrogen-bond acceptors (Lipinski definition) is 5. The van der Waals surface area contributed by atoms with Gasteiger partial charge in [0.25, 0.3) is 5.91 Å². The molecule has 2 aliphatic rings. The average molecular weight is 378 g/mol. The molecule has 1 aromatic carbocycles. The van der Waals surface area contributed by atoms with Gasteiger partial charge in [-0.15, -0.1) is 12.4 Å². The van der Waals surface area contributed by atoms with Gasteiger partial charge in [-0.3, -0.25) is 4.79 Å². The van der Waals surface area contributed by atoms with Crippen molar-refractivity contribution in [3.05, 3.63) is 36.4 Å². The number of carbonyl (C=O) groups is 1. The molecule has 1 aliphatic carbocycles. The van der Waals surface area contributed by atoms with Crippen molar-refractivity contribution in [3.63, 3.8) is 0 Å². The number of carbonyl (C=O) groups excluding carboxylic acids is 1. The van der Waals surface area contributed by atoms with Gasteiger partial charge >= 0.3 is 0 Å². The van der Waals surface area contributed by atoms with E-state index in [1.165, 1.54) is 12.8 Å². The molecule has 0 radical (unpaired) electrons. The number of oxazole rings is 1. The summed E-state index contributed by atoms with van der Waals surface area (Å²) in [6, 6.07) is 7.65. The zero-order valence-corrected chi connectivity index (χ0v) is 15.6. The second-order valence-electron chi connectivity index (χ2n) is 6.82. The first-order chi connectivity index (χ1) is 12.2. The highest BCUT2D eigenvalue weighted by Gasteiger charge is 2.39. The summed E-state index contributed by atoms with van der Waals surface area (Å²) in [5, 5.41) is 6.23. The molecular weight excluding hydrogens is 354 g/mol. The molecule has 1 aliphatic heterocycles. The van der Waals surface area contributed by atoms with Gasteiger partial charge < -0.3 is 19.8 Å². The Kier molecular flexibility index (Phi) is 5.65. The molecule has 2 fully saturated rings. The minimum Gasteiger partial charge on any atom is -0.440 e. The first-order valence-corrected chi connectivity index (χ1v) is 8.84. The molecule has 1 saturated carbocycles. The van der Waals surface area contributed by atoms with Crippen LogP contribution in [0.15, 0.2) is 34.9 Å². The molecule has 4 rings (SSSR count). The van der Waals surface area contributed by atoms with E-state index < -0.39 is 5.60 Å². The van der Waals surface area contributed by atoms with Crippen molar-refractivity contribution in [2.45, 2.75) is 37.2 Å². The SMILES string of the molecule is COC1(C(=O)Nc2ccc(-c3cnc(C4CC4)o3)cc2)CCNCC1.Cl. The number of anilines is 1. The minimum atomic E-state index is -0.742. The molecule has 2 heterocycles. The van der Waals surface area contributed by atoms with Crippen molar-refractivity contribution in [2.75, 3.05) is 25.5 Å². The van der Waals surface area contributed by atoms with Gasteiger partial charge in [-0.2, -0.15) is 0 Å². The van der Waals surface area contributed by atoms with Crippen LogP contribution in [-0.2, 0) is 9.53 Å². The van der Waals surface area contributed by atoms with E-state index in [1.807, 2.05) is 24.3 Å². The highest BCUT2D eigenvalue weighted by atomic mass is 35.5. The summed E-state index contributed by atoms with van der Waals surface area (Å²) >= 11 is 0. The summed E-state index contributed by atoms with van der Waals surface area (Å²) in [5.74, 6) is 2.02. The fraction of sp³-hybridized carbons (Fsp3) is 0.474. The number of halogens is 1. The molecule has 26 heavy (non-hydrogen) atoms. The van der Waals surface area contributed by atoms with Crippen LogP contribution >= 0.6 is 12.4 Å². The fourth-order valence-corrected chi connectivity index (χ4v) is 3.26. The monoisotopic (exact) mass is 377 g/mol. The van der Waals surface area contributed by atoms with Crippen LogP contribution in [0, 0.1) is 0 Å². The lowest BCUT2D eigenvalue weighted by Crippen LogP contribution is -2.51. The summed E-state index contributed by atoms with van der Waals surface area (Å²) < 4.78 is 11.4. The summed E-state index contributed by atoms with van der Waals surface area (Å²) in [6.07, 6.45) is 5.46. The summed E-state index contributed by atoms with van der Waals surface area (Å²) in [4.78, 5) is 17.0. The van der Waals surface area contributed by atoms with Crippen molar-refractivity contribution in [3.8, 4) is 11.3 Å². The topological polar surface area (TPSA) is 76.4 Å².